The van der Waals surface area contributed by atoms with E-state index >= 15 is 0 Å². The Morgan fingerprint density at radius 2 is 2.14 bits per heavy atom. The van der Waals surface area contributed by atoms with Crippen LogP contribution in [-0.2, 0) is 6.42 Å². The van der Waals surface area contributed by atoms with Crippen molar-refractivity contribution >= 4 is 11.6 Å². The van der Waals surface area contributed by atoms with Gasteiger partial charge in [-0.3, -0.25) is 0 Å². The fourth-order valence-electron chi connectivity index (χ4n) is 3.01. The lowest BCUT2D eigenvalue weighted by Gasteiger charge is -2.22. The average molecular weight is 302 g/mol. The molecule has 1 aliphatic heterocycles. The van der Waals surface area contributed by atoms with Gasteiger partial charge in [0.15, 0.2) is 0 Å². The van der Waals surface area contributed by atoms with E-state index < -0.39 is 0 Å². The molecule has 1 unspecified atom stereocenters. The normalized spacial score (nSPS) is 14.6. The summed E-state index contributed by atoms with van der Waals surface area (Å²) in [6, 6.07) is 12.7. The summed E-state index contributed by atoms with van der Waals surface area (Å²) in [5, 5.41) is 4.34. The molecule has 0 fully saturated rings. The van der Waals surface area contributed by atoms with Crippen molar-refractivity contribution in [3.8, 4) is 5.75 Å². The summed E-state index contributed by atoms with van der Waals surface area (Å²) in [5.74, 6) is 1.04. The number of nitrogens with one attached hydrogen (secondary N) is 1. The molecule has 1 atom stereocenters. The van der Waals surface area contributed by atoms with E-state index in [0.717, 1.165) is 30.3 Å². The van der Waals surface area contributed by atoms with Gasteiger partial charge in [0.25, 0.3) is 0 Å². The highest BCUT2D eigenvalue weighted by Gasteiger charge is 2.23. The minimum Gasteiger partial charge on any atom is -0.493 e. The molecule has 2 aromatic carbocycles. The van der Waals surface area contributed by atoms with Gasteiger partial charge < -0.3 is 10.1 Å². The Morgan fingerprint density at radius 1 is 1.29 bits per heavy atom. The molecular weight excluding hydrogens is 282 g/mol. The van der Waals surface area contributed by atoms with Crippen molar-refractivity contribution in [2.45, 2.75) is 26.3 Å². The molecule has 21 heavy (non-hydrogen) atoms. The smallest absolute Gasteiger partial charge is 0.127 e. The molecule has 0 bridgehead atoms. The first kappa shape index (κ1) is 14.4. The zero-order chi connectivity index (χ0) is 14.8. The van der Waals surface area contributed by atoms with Crippen LogP contribution in [0.5, 0.6) is 5.75 Å². The topological polar surface area (TPSA) is 21.3 Å². The van der Waals surface area contributed by atoms with Crippen LogP contribution < -0.4 is 10.1 Å². The lowest BCUT2D eigenvalue weighted by atomic mass is 9.95. The highest BCUT2D eigenvalue weighted by Crippen LogP contribution is 2.36. The van der Waals surface area contributed by atoms with Gasteiger partial charge in [-0.25, -0.2) is 0 Å². The van der Waals surface area contributed by atoms with Crippen molar-refractivity contribution in [3.05, 3.63) is 63.7 Å². The molecule has 1 N–H and O–H groups in total. The zero-order valence-electron chi connectivity index (χ0n) is 12.4. The summed E-state index contributed by atoms with van der Waals surface area (Å²) in [7, 11) is 0. The predicted octanol–water partition coefficient (Wildman–Crippen LogP) is 4.28. The molecule has 0 saturated carbocycles. The van der Waals surface area contributed by atoms with E-state index in [4.69, 9.17) is 16.3 Å². The maximum Gasteiger partial charge on any atom is 0.127 e. The molecule has 0 saturated heterocycles. The van der Waals surface area contributed by atoms with Crippen LogP contribution in [0.2, 0.25) is 5.02 Å². The maximum absolute atomic E-state index is 6.24. The van der Waals surface area contributed by atoms with Gasteiger partial charge in [0.1, 0.15) is 5.75 Å². The number of hydrogen-bond acceptors (Lipinski definition) is 2. The van der Waals surface area contributed by atoms with Crippen LogP contribution in [0, 0.1) is 6.92 Å². The Kier molecular flexibility index (Phi) is 4.18. The minimum atomic E-state index is 0.112. The van der Waals surface area contributed by atoms with Crippen LogP contribution in [0.15, 0.2) is 36.4 Å². The summed E-state index contributed by atoms with van der Waals surface area (Å²) < 4.78 is 5.87. The van der Waals surface area contributed by atoms with Gasteiger partial charge in [-0.15, -0.1) is 0 Å². The fourth-order valence-corrected chi connectivity index (χ4v) is 3.31. The number of fused-ring (bicyclic) bond motifs is 1. The number of ether oxygens (including phenoxy) is 1. The molecule has 1 aliphatic rings. The summed E-state index contributed by atoms with van der Waals surface area (Å²) in [4.78, 5) is 0. The van der Waals surface area contributed by atoms with E-state index in [0.29, 0.717) is 0 Å². The third-order valence-electron chi connectivity index (χ3n) is 3.86. The number of aryl methyl sites for hydroxylation is 1. The lowest BCUT2D eigenvalue weighted by molar-refractivity contribution is 0.350. The lowest BCUT2D eigenvalue weighted by Crippen LogP contribution is -2.22. The van der Waals surface area contributed by atoms with E-state index in [-0.39, 0.29) is 6.04 Å². The Bertz CT molecular complexity index is 633. The summed E-state index contributed by atoms with van der Waals surface area (Å²) in [6.07, 6.45) is 0.997. The number of hydrogen-bond donors (Lipinski definition) is 1. The molecule has 1 heterocycles. The van der Waals surface area contributed by atoms with Gasteiger partial charge in [-0.1, -0.05) is 42.8 Å². The number of benzene rings is 2. The maximum atomic E-state index is 6.24. The van der Waals surface area contributed by atoms with Gasteiger partial charge in [0.2, 0.25) is 0 Å². The highest BCUT2D eigenvalue weighted by molar-refractivity contribution is 6.30. The third-order valence-corrected chi connectivity index (χ3v) is 4.08. The predicted molar refractivity (Wildman–Crippen MR) is 87.3 cm³/mol. The molecule has 0 amide bonds. The van der Waals surface area contributed by atoms with E-state index in [1.54, 1.807) is 0 Å². The molecular formula is C18H20ClNO. The Hall–Kier alpha value is -1.51. The van der Waals surface area contributed by atoms with Crippen LogP contribution in [0.25, 0.3) is 0 Å². The Morgan fingerprint density at radius 3 is 2.90 bits per heavy atom. The van der Waals surface area contributed by atoms with Crippen molar-refractivity contribution in [3.63, 3.8) is 0 Å². The number of para-hydroxylation sites is 1. The van der Waals surface area contributed by atoms with E-state index in [1.165, 1.54) is 22.3 Å². The Labute approximate surface area is 131 Å². The van der Waals surface area contributed by atoms with E-state index in [9.17, 15) is 0 Å². The van der Waals surface area contributed by atoms with Crippen molar-refractivity contribution in [1.82, 2.24) is 5.32 Å². The number of halogens is 1. The molecule has 0 radical (unpaired) electrons. The van der Waals surface area contributed by atoms with Crippen LogP contribution in [0.3, 0.4) is 0 Å². The van der Waals surface area contributed by atoms with Crippen LogP contribution in [0.4, 0.5) is 0 Å². The van der Waals surface area contributed by atoms with Crippen molar-refractivity contribution in [2.75, 3.05) is 13.2 Å². The second kappa shape index (κ2) is 6.08. The monoisotopic (exact) mass is 301 g/mol. The van der Waals surface area contributed by atoms with Crippen LogP contribution in [-0.4, -0.2) is 13.2 Å². The van der Waals surface area contributed by atoms with Crippen LogP contribution in [0.1, 0.15) is 35.2 Å². The average Bonchev–Trinajstić information content (AvgIpc) is 2.92. The second-order valence-corrected chi connectivity index (χ2v) is 5.92. The van der Waals surface area contributed by atoms with Crippen molar-refractivity contribution in [2.24, 2.45) is 0 Å². The molecule has 3 heteroatoms. The first-order chi connectivity index (χ1) is 10.2. The first-order valence-corrected chi connectivity index (χ1v) is 7.82. The molecule has 3 rings (SSSR count). The molecule has 110 valence electrons. The fraction of sp³-hybridized carbons (Fsp3) is 0.333. The zero-order valence-corrected chi connectivity index (χ0v) is 13.2. The third kappa shape index (κ3) is 2.92. The highest BCUT2D eigenvalue weighted by atomic mass is 35.5. The Balaban J connectivity index is 2.08. The standard InChI is InChI=1S/C18H20ClNO/c1-3-20-17(14-9-12(2)10-15(19)11-14)16-6-4-5-13-7-8-21-18(13)16/h4-6,9-11,17,20H,3,7-8H2,1-2H3. The summed E-state index contributed by atoms with van der Waals surface area (Å²) in [6.45, 7) is 5.86. The second-order valence-electron chi connectivity index (χ2n) is 5.49. The molecule has 2 aromatic rings. The van der Waals surface area contributed by atoms with Gasteiger partial charge >= 0.3 is 0 Å². The van der Waals surface area contributed by atoms with Gasteiger partial charge in [-0.2, -0.15) is 0 Å². The van der Waals surface area contributed by atoms with Crippen LogP contribution >= 0.6 is 11.6 Å². The molecule has 0 spiro atoms. The quantitative estimate of drug-likeness (QED) is 0.910. The molecule has 2 nitrogen and oxygen atoms in total. The summed E-state index contributed by atoms with van der Waals surface area (Å²) in [5.41, 5.74) is 4.86. The largest absolute Gasteiger partial charge is 0.493 e. The minimum absolute atomic E-state index is 0.112. The van der Waals surface area contributed by atoms with Crippen molar-refractivity contribution in [1.29, 1.82) is 0 Å². The summed E-state index contributed by atoms with van der Waals surface area (Å²) >= 11 is 6.24. The van der Waals surface area contributed by atoms with Gasteiger partial charge in [-0.05, 0) is 42.3 Å². The number of rotatable bonds is 4. The molecule has 0 aromatic heterocycles. The molecule has 0 aliphatic carbocycles. The van der Waals surface area contributed by atoms with Crippen molar-refractivity contribution < 1.29 is 4.74 Å². The van der Waals surface area contributed by atoms with E-state index in [2.05, 4.69) is 43.4 Å². The van der Waals surface area contributed by atoms with Gasteiger partial charge in [0, 0.05) is 17.0 Å². The SMILES string of the molecule is CCNC(c1cc(C)cc(Cl)c1)c1cccc2c1OCC2. The first-order valence-electron chi connectivity index (χ1n) is 7.44. The van der Waals surface area contributed by atoms with Gasteiger partial charge in [0.05, 0.1) is 12.6 Å². The van der Waals surface area contributed by atoms with E-state index in [1.807, 2.05) is 12.1 Å².